The summed E-state index contributed by atoms with van der Waals surface area (Å²) < 4.78 is 22.2. The zero-order chi connectivity index (χ0) is 58.7. The third-order valence-electron chi connectivity index (χ3n) is 29.5. The number of hydrogen-bond acceptors (Lipinski definition) is 14. The van der Waals surface area contributed by atoms with Crippen molar-refractivity contribution in [2.24, 2.45) is 86.3 Å². The van der Waals surface area contributed by atoms with Gasteiger partial charge in [-0.15, -0.1) is 0 Å². The van der Waals surface area contributed by atoms with Crippen LogP contribution < -0.4 is 10.1 Å². The maximum atomic E-state index is 16.3. The monoisotopic (exact) mass is 1210 g/mol. The van der Waals surface area contributed by atoms with Crippen LogP contribution in [-0.4, -0.2) is 114 Å². The molecule has 9 saturated carbocycles. The average Bonchev–Trinajstić information content (AvgIpc) is 1.49. The first kappa shape index (κ1) is 54.7. The molecule has 458 valence electrons. The van der Waals surface area contributed by atoms with E-state index in [9.17, 15) is 35.4 Å². The molecule has 12 fully saturated rings. The minimum atomic E-state index is -2.73. The number of phenolic OH excluding ortho intramolecular Hbond substituents is 1. The highest BCUT2D eigenvalue weighted by Gasteiger charge is 2.91. The second-order valence-corrected chi connectivity index (χ2v) is 33.6. The Balaban J connectivity index is 0.849. The number of carbonyl (C=O) groups is 2. The summed E-state index contributed by atoms with van der Waals surface area (Å²) in [5.41, 5.74) is -2.72. The van der Waals surface area contributed by atoms with Gasteiger partial charge in [0.15, 0.2) is 17.5 Å². The summed E-state index contributed by atoms with van der Waals surface area (Å²) in [7, 11) is 5.82. The zero-order valence-corrected chi connectivity index (χ0v) is 51.2. The molecule has 87 heavy (non-hydrogen) atoms. The van der Waals surface area contributed by atoms with Crippen molar-refractivity contribution in [1.82, 2.24) is 10.3 Å². The summed E-state index contributed by atoms with van der Waals surface area (Å²) >= 11 is 0. The molecule has 15 heteroatoms. The van der Waals surface area contributed by atoms with Crippen LogP contribution in [0.2, 0.25) is 0 Å². The summed E-state index contributed by atoms with van der Waals surface area (Å²) in [4.78, 5) is 32.5. The molecule has 13 nitrogen and oxygen atoms in total. The van der Waals surface area contributed by atoms with Crippen molar-refractivity contribution in [3.63, 3.8) is 0 Å². The van der Waals surface area contributed by atoms with Gasteiger partial charge in [0.05, 0.1) is 35.4 Å². The lowest BCUT2D eigenvalue weighted by molar-refractivity contribution is -0.411. The van der Waals surface area contributed by atoms with Gasteiger partial charge in [-0.25, -0.2) is 4.79 Å². The molecular formula is C72H82N2O11S2. The zero-order valence-electron chi connectivity index (χ0n) is 49.6. The van der Waals surface area contributed by atoms with Gasteiger partial charge >= 0.3 is 5.97 Å². The molecule has 5 aromatic rings. The number of benzene rings is 4. The molecular weight excluding hydrogens is 1130 g/mol. The first-order valence-electron chi connectivity index (χ1n) is 33.5. The predicted molar refractivity (Wildman–Crippen MR) is 331 cm³/mol. The molecule has 8 N–H and O–H groups in total. The number of carbonyl (C=O) groups excluding carboxylic acids is 2. The van der Waals surface area contributed by atoms with Crippen LogP contribution in [0.5, 0.6) is 11.5 Å². The number of H-pyrrole nitrogens is 1. The van der Waals surface area contributed by atoms with Crippen LogP contribution in [-0.2, 0) is 31.1 Å². The molecule has 20 rings (SSSR count). The summed E-state index contributed by atoms with van der Waals surface area (Å²) in [6.45, 7) is -0.479. The maximum Gasteiger partial charge on any atom is 0.343 e. The summed E-state index contributed by atoms with van der Waals surface area (Å²) in [5, 5.41) is 89.9. The number of allylic oxidation sites excluding steroid dienone is 2. The Morgan fingerprint density at radius 3 is 2.48 bits per heavy atom. The third kappa shape index (κ3) is 6.16. The van der Waals surface area contributed by atoms with Crippen LogP contribution in [0.1, 0.15) is 132 Å². The fourth-order valence-electron chi connectivity index (χ4n) is 27.0. The van der Waals surface area contributed by atoms with Crippen molar-refractivity contribution in [3.05, 3.63) is 95.7 Å². The predicted octanol–water partition coefficient (Wildman–Crippen LogP) is 10.5. The fraction of sp³-hybridized carbons (Fsp3) is 0.639. The van der Waals surface area contributed by atoms with Gasteiger partial charge in [0.2, 0.25) is 5.79 Å². The Labute approximate surface area is 515 Å². The highest BCUT2D eigenvalue weighted by Crippen LogP contribution is 2.88. The first-order chi connectivity index (χ1) is 42.2. The molecule has 4 aromatic carbocycles. The molecule has 5 heterocycles. The van der Waals surface area contributed by atoms with Crippen LogP contribution in [0.25, 0.3) is 32.4 Å². The minimum Gasteiger partial charge on any atom is -0.508 e. The van der Waals surface area contributed by atoms with E-state index in [0.717, 1.165) is 123 Å². The van der Waals surface area contributed by atoms with E-state index in [2.05, 4.69) is 52.8 Å². The van der Waals surface area contributed by atoms with E-state index in [1.54, 1.807) is 0 Å². The van der Waals surface area contributed by atoms with E-state index in [4.69, 9.17) is 14.2 Å². The number of fused-ring (bicyclic) bond motifs is 11. The molecule has 11 aliphatic carbocycles. The van der Waals surface area contributed by atoms with E-state index >= 15 is 4.79 Å². The number of aromatic hydroxyl groups is 1. The van der Waals surface area contributed by atoms with Gasteiger partial charge in [0, 0.05) is 51.5 Å². The number of aromatic amines is 1. The smallest absolute Gasteiger partial charge is 0.343 e. The lowest BCUT2D eigenvalue weighted by atomic mass is 9.36. The number of aliphatic hydroxyl groups is 5. The Bertz CT molecular complexity index is 3820. The van der Waals surface area contributed by atoms with Crippen molar-refractivity contribution < 1.29 is 54.4 Å². The molecule has 1 aromatic heterocycles. The molecule has 0 radical (unpaired) electrons. The number of hydrogen-bond donors (Lipinski definition) is 8. The largest absolute Gasteiger partial charge is 0.508 e. The van der Waals surface area contributed by atoms with Crippen molar-refractivity contribution in [3.8, 4) is 11.5 Å². The van der Waals surface area contributed by atoms with Crippen LogP contribution in [0, 0.1) is 86.3 Å². The molecule has 25 atom stereocenters. The van der Waals surface area contributed by atoms with Gasteiger partial charge in [-0.1, -0.05) is 76.6 Å². The molecule has 25 unspecified atom stereocenters. The Hall–Kier alpha value is -4.00. The standard InChI is InChI=1S/C72H82N2O11S2/c1-73-54-35-87-86-34-49-44-12-8-40-26-42-17-20-68(70(42,57(40)44)50-13-11-43(77)28-46(49)50)60(78)48(54)29-47-51-31-69(66-18-4-7-41(66)10-15-55-65(19-16-36(30-65)32-75)21-22-67(55,69)24-23-66)64(80)72(82)71(51,81)62(84-61(47)68)59(85-72)63(79)83-58-53(33-76)74-52-14-9-39-25-37-5-2-3-6-38(37)27-45(39)56(52)58/h2-3,5-6,9-11,13-15,25,27-28,32,36,40-42,44,47-49,51,54-55,57,59-62,64,73-74,76-78,80-82H,4,7-8,12,16-24,26,29-31,33-35H2,1H3. The second kappa shape index (κ2) is 18.2. The summed E-state index contributed by atoms with van der Waals surface area (Å²) in [6, 6.07) is 22.3. The van der Waals surface area contributed by atoms with Crippen LogP contribution >= 0.6 is 21.6 Å². The normalized spacial score (nSPS) is 49.8. The van der Waals surface area contributed by atoms with Gasteiger partial charge in [-0.3, -0.25) is 0 Å². The van der Waals surface area contributed by atoms with Crippen LogP contribution in [0.3, 0.4) is 0 Å². The van der Waals surface area contributed by atoms with Gasteiger partial charge in [-0.05, 0) is 236 Å². The highest BCUT2D eigenvalue weighted by molar-refractivity contribution is 8.76. The fourth-order valence-corrected chi connectivity index (χ4v) is 29.8. The number of nitrogens with one attached hydrogen (secondary N) is 2. The van der Waals surface area contributed by atoms with E-state index in [1.807, 2.05) is 65.0 Å². The average molecular weight is 1220 g/mol. The molecule has 4 aliphatic heterocycles. The number of aromatic nitrogens is 1. The molecule has 15 aliphatic rings. The van der Waals surface area contributed by atoms with Crippen molar-refractivity contribution >= 4 is 66.3 Å². The number of ether oxygens (including phenoxy) is 3. The quantitative estimate of drug-likeness (QED) is 0.0271. The van der Waals surface area contributed by atoms with Gasteiger partial charge < -0.3 is 59.9 Å². The molecule has 6 spiro atoms. The van der Waals surface area contributed by atoms with E-state index in [0.29, 0.717) is 42.0 Å². The second-order valence-electron chi connectivity index (χ2n) is 31.1. The topological polar surface area (TPSA) is 211 Å². The van der Waals surface area contributed by atoms with Crippen molar-refractivity contribution in [1.29, 1.82) is 0 Å². The van der Waals surface area contributed by atoms with Gasteiger partial charge in [-0.2, -0.15) is 0 Å². The van der Waals surface area contributed by atoms with Gasteiger partial charge in [0.1, 0.15) is 24.2 Å². The summed E-state index contributed by atoms with van der Waals surface area (Å²) in [5.74, 6) is -1.66. The van der Waals surface area contributed by atoms with E-state index in [-0.39, 0.29) is 70.1 Å². The number of esters is 1. The van der Waals surface area contributed by atoms with Crippen molar-refractivity contribution in [2.75, 3.05) is 18.6 Å². The van der Waals surface area contributed by atoms with Crippen LogP contribution in [0.4, 0.5) is 0 Å². The highest BCUT2D eigenvalue weighted by atomic mass is 33.1. The number of aldehydes is 1. The van der Waals surface area contributed by atoms with Gasteiger partial charge in [0.25, 0.3) is 0 Å². The minimum absolute atomic E-state index is 0.0111. The SMILES string of the molecule is CNC1CSSCC2c3cc(O)ccc3C34C(CCC35C(O)C1CC1C3CC6(C(O)C7(O)OC(C(=O)Oc8c(CO)[nH]c9ccc%10cc%11ccccc%11cc%10c89)C(OC15)C37O)C13CCCC1C=CC1C5(CCC(C=O)C5)CCC16CC3)CC1CCC2C14. The third-order valence-corrected chi connectivity index (χ3v) is 32.0. The van der Waals surface area contributed by atoms with Crippen LogP contribution in [0.15, 0.2) is 78.9 Å². The first-order valence-corrected chi connectivity index (χ1v) is 36.0. The van der Waals surface area contributed by atoms with E-state index in [1.165, 1.54) is 17.4 Å². The molecule has 3 saturated heterocycles. The Morgan fingerprint density at radius 1 is 0.828 bits per heavy atom. The van der Waals surface area contributed by atoms with E-state index < -0.39 is 93.4 Å². The molecule has 6 bridgehead atoms. The van der Waals surface area contributed by atoms with Crippen molar-refractivity contribution in [2.45, 2.75) is 175 Å². The Kier molecular flexibility index (Phi) is 11.4. The summed E-state index contributed by atoms with van der Waals surface area (Å²) in [6.07, 6.45) is 14.0. The number of rotatable bonds is 5. The number of aliphatic hydroxyl groups excluding tert-OH is 3. The Morgan fingerprint density at radius 2 is 1.66 bits per heavy atom. The molecule has 0 amide bonds. The number of phenols is 1. The lowest BCUT2D eigenvalue weighted by Gasteiger charge is -2.72. The lowest BCUT2D eigenvalue weighted by Crippen LogP contribution is -2.83. The maximum absolute atomic E-state index is 16.3.